The van der Waals surface area contributed by atoms with Crippen LogP contribution in [0.25, 0.3) is 0 Å². The number of carbonyl (C=O) groups excluding carboxylic acids is 1. The molecule has 0 fully saturated rings. The minimum atomic E-state index is 0.145. The lowest BCUT2D eigenvalue weighted by Crippen LogP contribution is -2.26. The zero-order chi connectivity index (χ0) is 7.72. The molecule has 0 amide bonds. The van der Waals surface area contributed by atoms with Crippen molar-refractivity contribution >= 4 is 5.78 Å². The van der Waals surface area contributed by atoms with E-state index in [1.165, 1.54) is 0 Å². The van der Waals surface area contributed by atoms with E-state index in [2.05, 4.69) is 13.0 Å². The van der Waals surface area contributed by atoms with Gasteiger partial charge in [0, 0.05) is 11.8 Å². The predicted molar refractivity (Wildman–Crippen MR) is 41.6 cm³/mol. The van der Waals surface area contributed by atoms with Gasteiger partial charge in [-0.2, -0.15) is 0 Å². The van der Waals surface area contributed by atoms with E-state index in [1.54, 1.807) is 0 Å². The maximum atomic E-state index is 11.3. The van der Waals surface area contributed by atoms with Gasteiger partial charge in [0.25, 0.3) is 0 Å². The molecule has 3 atom stereocenters. The maximum Gasteiger partial charge on any atom is 0.142 e. The number of carbonyl (C=O) groups is 1. The largest absolute Gasteiger partial charge is 0.299 e. The zero-order valence-electron chi connectivity index (χ0n) is 6.79. The first-order valence-electron chi connectivity index (χ1n) is 3.85. The standard InChI is InChI=1S/C9H14O/c1-6-4-5-7(2)9(10)8(6)3/h4-8H,1-3H3. The second-order valence-corrected chi connectivity index (χ2v) is 3.22. The molecule has 0 N–H and O–H groups in total. The minimum absolute atomic E-state index is 0.145. The van der Waals surface area contributed by atoms with E-state index in [4.69, 9.17) is 0 Å². The number of hydrogen-bond acceptors (Lipinski definition) is 1. The molecule has 56 valence electrons. The van der Waals surface area contributed by atoms with Gasteiger partial charge in [-0.3, -0.25) is 4.79 Å². The van der Waals surface area contributed by atoms with E-state index in [1.807, 2.05) is 19.9 Å². The topological polar surface area (TPSA) is 17.1 Å². The van der Waals surface area contributed by atoms with Gasteiger partial charge in [0.05, 0.1) is 0 Å². The van der Waals surface area contributed by atoms with Crippen LogP contribution in [-0.2, 0) is 4.79 Å². The normalized spacial score (nSPS) is 40.3. The predicted octanol–water partition coefficient (Wildman–Crippen LogP) is 2.03. The Balaban J connectivity index is 2.79. The molecule has 1 heteroatoms. The van der Waals surface area contributed by atoms with Crippen LogP contribution in [0.2, 0.25) is 0 Å². The van der Waals surface area contributed by atoms with Crippen LogP contribution in [0.5, 0.6) is 0 Å². The molecule has 0 aromatic heterocycles. The van der Waals surface area contributed by atoms with Crippen LogP contribution in [-0.4, -0.2) is 5.78 Å². The van der Waals surface area contributed by atoms with Crippen LogP contribution in [0.1, 0.15) is 20.8 Å². The fourth-order valence-corrected chi connectivity index (χ4v) is 1.28. The van der Waals surface area contributed by atoms with E-state index in [-0.39, 0.29) is 11.8 Å². The fourth-order valence-electron chi connectivity index (χ4n) is 1.28. The summed E-state index contributed by atoms with van der Waals surface area (Å²) in [6, 6.07) is 0. The molecule has 0 aromatic rings. The summed E-state index contributed by atoms with van der Waals surface area (Å²) in [4.78, 5) is 11.3. The Bertz CT molecular complexity index is 170. The summed E-state index contributed by atoms with van der Waals surface area (Å²) in [5.41, 5.74) is 0. The second kappa shape index (κ2) is 2.57. The van der Waals surface area contributed by atoms with Gasteiger partial charge in [-0.05, 0) is 5.92 Å². The Kier molecular flexibility index (Phi) is 1.93. The van der Waals surface area contributed by atoms with E-state index < -0.39 is 0 Å². The van der Waals surface area contributed by atoms with Crippen molar-refractivity contribution in [1.82, 2.24) is 0 Å². The van der Waals surface area contributed by atoms with Crippen LogP contribution < -0.4 is 0 Å². The average Bonchev–Trinajstić information content (AvgIpc) is 1.93. The highest BCUT2D eigenvalue weighted by molar-refractivity contribution is 5.85. The Morgan fingerprint density at radius 1 is 1.20 bits per heavy atom. The highest BCUT2D eigenvalue weighted by atomic mass is 16.1. The lowest BCUT2D eigenvalue weighted by Gasteiger charge is -2.22. The number of ketones is 1. The molecule has 0 saturated heterocycles. The average molecular weight is 138 g/mol. The molecule has 0 aromatic carbocycles. The third kappa shape index (κ3) is 1.13. The monoisotopic (exact) mass is 138 g/mol. The van der Waals surface area contributed by atoms with Crippen LogP contribution in [0, 0.1) is 17.8 Å². The van der Waals surface area contributed by atoms with Crippen molar-refractivity contribution in [3.05, 3.63) is 12.2 Å². The summed E-state index contributed by atoms with van der Waals surface area (Å²) in [5.74, 6) is 1.19. The summed E-state index contributed by atoms with van der Waals surface area (Å²) in [6.07, 6.45) is 4.14. The first kappa shape index (κ1) is 7.52. The molecule has 0 radical (unpaired) electrons. The Labute approximate surface area is 62.1 Å². The van der Waals surface area contributed by atoms with E-state index in [0.29, 0.717) is 11.7 Å². The summed E-state index contributed by atoms with van der Waals surface area (Å²) in [6.45, 7) is 6.05. The molecule has 0 aliphatic heterocycles. The summed E-state index contributed by atoms with van der Waals surface area (Å²) in [7, 11) is 0. The summed E-state index contributed by atoms with van der Waals surface area (Å²) < 4.78 is 0. The van der Waals surface area contributed by atoms with Crippen molar-refractivity contribution in [2.75, 3.05) is 0 Å². The number of allylic oxidation sites excluding steroid dienone is 2. The van der Waals surface area contributed by atoms with Crippen LogP contribution >= 0.6 is 0 Å². The number of hydrogen-bond donors (Lipinski definition) is 0. The summed E-state index contributed by atoms with van der Waals surface area (Å²) in [5, 5.41) is 0. The minimum Gasteiger partial charge on any atom is -0.299 e. The van der Waals surface area contributed by atoms with Gasteiger partial charge in [-0.1, -0.05) is 32.9 Å². The molecule has 1 aliphatic carbocycles. The van der Waals surface area contributed by atoms with Gasteiger partial charge in [0.1, 0.15) is 5.78 Å². The van der Waals surface area contributed by atoms with Crippen molar-refractivity contribution in [3.8, 4) is 0 Å². The summed E-state index contributed by atoms with van der Waals surface area (Å²) >= 11 is 0. The molecule has 0 saturated carbocycles. The molecule has 1 aliphatic rings. The Morgan fingerprint density at radius 3 is 2.30 bits per heavy atom. The molecule has 3 unspecified atom stereocenters. The highest BCUT2D eigenvalue weighted by Gasteiger charge is 2.25. The van der Waals surface area contributed by atoms with Crippen molar-refractivity contribution in [2.45, 2.75) is 20.8 Å². The SMILES string of the molecule is CC1C=CC(C)C(C)C1=O. The quantitative estimate of drug-likeness (QED) is 0.468. The maximum absolute atomic E-state index is 11.3. The van der Waals surface area contributed by atoms with Gasteiger partial charge in [0.15, 0.2) is 0 Å². The molecule has 1 rings (SSSR count). The van der Waals surface area contributed by atoms with E-state index in [0.717, 1.165) is 0 Å². The Hall–Kier alpha value is -0.590. The lowest BCUT2D eigenvalue weighted by molar-refractivity contribution is -0.125. The van der Waals surface area contributed by atoms with Gasteiger partial charge >= 0.3 is 0 Å². The molecule has 0 heterocycles. The van der Waals surface area contributed by atoms with Gasteiger partial charge < -0.3 is 0 Å². The third-order valence-electron chi connectivity index (χ3n) is 2.39. The number of rotatable bonds is 0. The smallest absolute Gasteiger partial charge is 0.142 e. The van der Waals surface area contributed by atoms with Crippen molar-refractivity contribution in [3.63, 3.8) is 0 Å². The Morgan fingerprint density at radius 2 is 1.80 bits per heavy atom. The molecule has 0 bridgehead atoms. The van der Waals surface area contributed by atoms with E-state index in [9.17, 15) is 4.79 Å². The van der Waals surface area contributed by atoms with Gasteiger partial charge in [-0.15, -0.1) is 0 Å². The fraction of sp³-hybridized carbons (Fsp3) is 0.667. The van der Waals surface area contributed by atoms with Crippen molar-refractivity contribution in [2.24, 2.45) is 17.8 Å². The van der Waals surface area contributed by atoms with Gasteiger partial charge in [0.2, 0.25) is 0 Å². The van der Waals surface area contributed by atoms with Crippen molar-refractivity contribution < 1.29 is 4.79 Å². The molecular formula is C9H14O. The van der Waals surface area contributed by atoms with Crippen LogP contribution in [0.4, 0.5) is 0 Å². The molecular weight excluding hydrogens is 124 g/mol. The van der Waals surface area contributed by atoms with E-state index >= 15 is 0 Å². The number of Topliss-reactive ketones (excluding diaryl/α,β-unsaturated/α-hetero) is 1. The first-order valence-corrected chi connectivity index (χ1v) is 3.85. The highest BCUT2D eigenvalue weighted by Crippen LogP contribution is 2.23. The molecule has 10 heavy (non-hydrogen) atoms. The third-order valence-corrected chi connectivity index (χ3v) is 2.39. The van der Waals surface area contributed by atoms with Crippen LogP contribution in [0.3, 0.4) is 0 Å². The lowest BCUT2D eigenvalue weighted by atomic mass is 9.81. The molecule has 1 nitrogen and oxygen atoms in total. The molecule has 0 spiro atoms. The second-order valence-electron chi connectivity index (χ2n) is 3.22. The van der Waals surface area contributed by atoms with Crippen LogP contribution in [0.15, 0.2) is 12.2 Å². The zero-order valence-corrected chi connectivity index (χ0v) is 6.79. The van der Waals surface area contributed by atoms with Gasteiger partial charge in [-0.25, -0.2) is 0 Å². The van der Waals surface area contributed by atoms with Crippen molar-refractivity contribution in [1.29, 1.82) is 0 Å². The first-order chi connectivity index (χ1) is 4.63.